The first-order valence-corrected chi connectivity index (χ1v) is 7.49. The van der Waals surface area contributed by atoms with Gasteiger partial charge in [-0.1, -0.05) is 12.1 Å². The number of piperidine rings is 1. The molecule has 1 atom stereocenters. The molecule has 1 fully saturated rings. The predicted octanol–water partition coefficient (Wildman–Crippen LogP) is 2.17. The summed E-state index contributed by atoms with van der Waals surface area (Å²) in [7, 11) is 0. The Bertz CT molecular complexity index is 668. The van der Waals surface area contributed by atoms with E-state index in [4.69, 9.17) is 0 Å². The summed E-state index contributed by atoms with van der Waals surface area (Å²) in [5, 5.41) is 17.0. The van der Waals surface area contributed by atoms with Gasteiger partial charge in [-0.2, -0.15) is 5.10 Å². The van der Waals surface area contributed by atoms with Gasteiger partial charge in [0.15, 0.2) is 0 Å². The minimum atomic E-state index is -0.427. The summed E-state index contributed by atoms with van der Waals surface area (Å²) in [6.45, 7) is 2.98. The first kappa shape index (κ1) is 14.6. The zero-order valence-corrected chi connectivity index (χ0v) is 12.6. The number of benzene rings is 1. The van der Waals surface area contributed by atoms with Crippen LogP contribution >= 0.6 is 0 Å². The molecule has 0 saturated carbocycles. The Labute approximate surface area is 129 Å². The smallest absolute Gasteiger partial charge is 0.321 e. The summed E-state index contributed by atoms with van der Waals surface area (Å²) in [5.41, 5.74) is 2.44. The van der Waals surface area contributed by atoms with Crippen molar-refractivity contribution in [2.24, 2.45) is 0 Å². The average molecular weight is 300 g/mol. The van der Waals surface area contributed by atoms with Crippen LogP contribution in [0.5, 0.6) is 0 Å². The Hall–Kier alpha value is -2.34. The molecule has 22 heavy (non-hydrogen) atoms. The van der Waals surface area contributed by atoms with Crippen molar-refractivity contribution in [3.8, 4) is 5.69 Å². The monoisotopic (exact) mass is 300 g/mol. The van der Waals surface area contributed by atoms with E-state index in [2.05, 4.69) is 10.4 Å². The molecule has 1 aromatic carbocycles. The number of rotatable bonds is 2. The number of urea groups is 1. The highest BCUT2D eigenvalue weighted by Gasteiger charge is 2.22. The van der Waals surface area contributed by atoms with Crippen LogP contribution < -0.4 is 5.32 Å². The average Bonchev–Trinajstić information content (AvgIpc) is 2.94. The van der Waals surface area contributed by atoms with Crippen molar-refractivity contribution in [2.45, 2.75) is 25.9 Å². The topological polar surface area (TPSA) is 70.4 Å². The molecule has 0 bridgehead atoms. The highest BCUT2D eigenvalue weighted by atomic mass is 16.3. The fraction of sp³-hybridized carbons (Fsp3) is 0.375. The van der Waals surface area contributed by atoms with Gasteiger partial charge in [0.25, 0.3) is 0 Å². The Balaban J connectivity index is 1.79. The van der Waals surface area contributed by atoms with Crippen LogP contribution in [0.1, 0.15) is 18.5 Å². The number of nitrogens with one attached hydrogen (secondary N) is 1. The van der Waals surface area contributed by atoms with E-state index in [9.17, 15) is 9.90 Å². The summed E-state index contributed by atoms with van der Waals surface area (Å²) in [4.78, 5) is 14.0. The third-order valence-corrected chi connectivity index (χ3v) is 3.80. The number of hydrogen-bond acceptors (Lipinski definition) is 3. The lowest BCUT2D eigenvalue weighted by Crippen LogP contribution is -2.44. The van der Waals surface area contributed by atoms with E-state index in [1.807, 2.05) is 43.5 Å². The lowest BCUT2D eigenvalue weighted by atomic mass is 10.1. The van der Waals surface area contributed by atoms with Gasteiger partial charge in [0.2, 0.25) is 0 Å². The molecule has 1 aliphatic rings. The van der Waals surface area contributed by atoms with Crippen LogP contribution in [0.3, 0.4) is 0 Å². The fourth-order valence-corrected chi connectivity index (χ4v) is 2.66. The fourth-order valence-electron chi connectivity index (χ4n) is 2.66. The lowest BCUT2D eigenvalue weighted by molar-refractivity contribution is 0.0883. The Morgan fingerprint density at radius 1 is 1.36 bits per heavy atom. The molecular weight excluding hydrogens is 280 g/mol. The normalized spacial score (nSPS) is 18.3. The molecule has 0 radical (unpaired) electrons. The van der Waals surface area contributed by atoms with Crippen LogP contribution in [0, 0.1) is 6.92 Å². The number of anilines is 1. The SMILES string of the molecule is Cc1ccn(-c2ccccc2NC(=O)N2CCCC(O)C2)n1. The van der Waals surface area contributed by atoms with E-state index in [-0.39, 0.29) is 6.03 Å². The third kappa shape index (κ3) is 3.12. The van der Waals surface area contributed by atoms with Crippen LogP contribution in [-0.2, 0) is 0 Å². The van der Waals surface area contributed by atoms with E-state index in [0.29, 0.717) is 18.8 Å². The highest BCUT2D eigenvalue weighted by molar-refractivity contribution is 5.91. The highest BCUT2D eigenvalue weighted by Crippen LogP contribution is 2.20. The van der Waals surface area contributed by atoms with Crippen molar-refractivity contribution < 1.29 is 9.90 Å². The molecule has 0 aliphatic carbocycles. The first-order valence-electron chi connectivity index (χ1n) is 7.49. The standard InChI is InChI=1S/C16H20N4O2/c1-12-8-10-20(18-12)15-7-3-2-6-14(15)17-16(22)19-9-4-5-13(21)11-19/h2-3,6-8,10,13,21H,4-5,9,11H2,1H3,(H,17,22). The number of hydrogen-bond donors (Lipinski definition) is 2. The second kappa shape index (κ2) is 6.19. The van der Waals surface area contributed by atoms with Gasteiger partial charge in [-0.05, 0) is 38.0 Å². The molecule has 6 heteroatoms. The number of carbonyl (C=O) groups is 1. The molecule has 2 aromatic rings. The minimum Gasteiger partial charge on any atom is -0.391 e. The molecule has 2 N–H and O–H groups in total. The van der Waals surface area contributed by atoms with Gasteiger partial charge >= 0.3 is 6.03 Å². The quantitative estimate of drug-likeness (QED) is 0.893. The molecule has 1 unspecified atom stereocenters. The van der Waals surface area contributed by atoms with Crippen LogP contribution in [0.25, 0.3) is 5.69 Å². The molecule has 2 amide bonds. The maximum absolute atomic E-state index is 12.4. The Morgan fingerprint density at radius 2 is 2.18 bits per heavy atom. The zero-order valence-electron chi connectivity index (χ0n) is 12.6. The summed E-state index contributed by atoms with van der Waals surface area (Å²) < 4.78 is 1.75. The number of aliphatic hydroxyl groups is 1. The Kier molecular flexibility index (Phi) is 4.11. The summed E-state index contributed by atoms with van der Waals surface area (Å²) in [6, 6.07) is 9.28. The van der Waals surface area contributed by atoms with Gasteiger partial charge in [-0.3, -0.25) is 0 Å². The minimum absolute atomic E-state index is 0.185. The van der Waals surface area contributed by atoms with E-state index < -0.39 is 6.10 Å². The van der Waals surface area contributed by atoms with E-state index in [1.54, 1.807) is 9.58 Å². The number of aromatic nitrogens is 2. The van der Waals surface area contributed by atoms with Gasteiger partial charge in [-0.15, -0.1) is 0 Å². The van der Waals surface area contributed by atoms with Gasteiger partial charge in [0.05, 0.1) is 23.2 Å². The molecule has 1 aromatic heterocycles. The van der Waals surface area contributed by atoms with Crippen molar-refractivity contribution in [3.05, 3.63) is 42.2 Å². The molecule has 6 nitrogen and oxygen atoms in total. The lowest BCUT2D eigenvalue weighted by Gasteiger charge is -2.30. The van der Waals surface area contributed by atoms with Gasteiger partial charge < -0.3 is 15.3 Å². The van der Waals surface area contributed by atoms with E-state index >= 15 is 0 Å². The maximum atomic E-state index is 12.4. The van der Waals surface area contributed by atoms with Crippen LogP contribution in [0.4, 0.5) is 10.5 Å². The molecule has 116 valence electrons. The number of para-hydroxylation sites is 2. The molecule has 3 rings (SSSR count). The number of likely N-dealkylation sites (tertiary alicyclic amines) is 1. The van der Waals surface area contributed by atoms with Crippen LogP contribution in [0.15, 0.2) is 36.5 Å². The molecular formula is C16H20N4O2. The van der Waals surface area contributed by atoms with Crippen LogP contribution in [0.2, 0.25) is 0 Å². The van der Waals surface area contributed by atoms with E-state index in [0.717, 1.165) is 24.2 Å². The van der Waals surface area contributed by atoms with E-state index in [1.165, 1.54) is 0 Å². The number of nitrogens with zero attached hydrogens (tertiary/aromatic N) is 3. The van der Waals surface area contributed by atoms with Gasteiger partial charge in [-0.25, -0.2) is 9.48 Å². The van der Waals surface area contributed by atoms with Gasteiger partial charge in [0.1, 0.15) is 0 Å². The molecule has 2 heterocycles. The number of carbonyl (C=O) groups excluding carboxylic acids is 1. The maximum Gasteiger partial charge on any atom is 0.321 e. The third-order valence-electron chi connectivity index (χ3n) is 3.80. The summed E-state index contributed by atoms with van der Waals surface area (Å²) >= 11 is 0. The van der Waals surface area contributed by atoms with Crippen molar-refractivity contribution in [1.82, 2.24) is 14.7 Å². The second-order valence-corrected chi connectivity index (χ2v) is 5.59. The number of aliphatic hydroxyl groups excluding tert-OH is 1. The first-order chi connectivity index (χ1) is 10.6. The number of β-amino-alcohol motifs (C(OH)–C–C–N with tert-alkyl or cyclic N) is 1. The zero-order chi connectivity index (χ0) is 15.5. The summed E-state index contributed by atoms with van der Waals surface area (Å²) in [6.07, 6.45) is 3.02. The number of amides is 2. The van der Waals surface area contributed by atoms with Crippen molar-refractivity contribution >= 4 is 11.7 Å². The van der Waals surface area contributed by atoms with Crippen molar-refractivity contribution in [3.63, 3.8) is 0 Å². The molecule has 1 aliphatic heterocycles. The van der Waals surface area contributed by atoms with Crippen LogP contribution in [-0.4, -0.2) is 45.0 Å². The van der Waals surface area contributed by atoms with Gasteiger partial charge in [0, 0.05) is 19.3 Å². The molecule has 0 spiro atoms. The second-order valence-electron chi connectivity index (χ2n) is 5.59. The van der Waals surface area contributed by atoms with Crippen molar-refractivity contribution in [1.29, 1.82) is 0 Å². The number of aryl methyl sites for hydroxylation is 1. The summed E-state index contributed by atoms with van der Waals surface area (Å²) in [5.74, 6) is 0. The van der Waals surface area contributed by atoms with Crippen molar-refractivity contribution in [2.75, 3.05) is 18.4 Å². The predicted molar refractivity (Wildman–Crippen MR) is 84.1 cm³/mol. The largest absolute Gasteiger partial charge is 0.391 e. The molecule has 1 saturated heterocycles. The Morgan fingerprint density at radius 3 is 2.91 bits per heavy atom.